The SMILES string of the molecule is CC1(Oc2cc3c([nH]2)CCCC3)CNC1. The van der Waals surface area contributed by atoms with Crippen LogP contribution in [-0.2, 0) is 12.8 Å². The largest absolute Gasteiger partial charge is 0.470 e. The van der Waals surface area contributed by atoms with Crippen molar-refractivity contribution in [2.24, 2.45) is 0 Å². The minimum Gasteiger partial charge on any atom is -0.470 e. The van der Waals surface area contributed by atoms with E-state index >= 15 is 0 Å². The number of aromatic amines is 1. The van der Waals surface area contributed by atoms with Gasteiger partial charge in [-0.2, -0.15) is 0 Å². The lowest BCUT2D eigenvalue weighted by molar-refractivity contribution is 0.0309. The molecule has 2 heterocycles. The number of aromatic nitrogens is 1. The average Bonchev–Trinajstić information content (AvgIpc) is 2.57. The van der Waals surface area contributed by atoms with Gasteiger partial charge in [0.25, 0.3) is 0 Å². The van der Waals surface area contributed by atoms with Crippen molar-refractivity contribution >= 4 is 0 Å². The highest BCUT2D eigenvalue weighted by Crippen LogP contribution is 2.28. The fourth-order valence-electron chi connectivity index (χ4n) is 2.44. The molecule has 0 aromatic carbocycles. The van der Waals surface area contributed by atoms with Gasteiger partial charge in [-0.25, -0.2) is 0 Å². The van der Waals surface area contributed by atoms with Gasteiger partial charge in [0, 0.05) is 24.8 Å². The molecule has 3 heteroatoms. The Morgan fingerprint density at radius 1 is 1.27 bits per heavy atom. The summed E-state index contributed by atoms with van der Waals surface area (Å²) < 4.78 is 5.97. The van der Waals surface area contributed by atoms with Gasteiger partial charge in [0.2, 0.25) is 0 Å². The summed E-state index contributed by atoms with van der Waals surface area (Å²) in [6, 6.07) is 2.19. The number of hydrogen-bond acceptors (Lipinski definition) is 2. The highest BCUT2D eigenvalue weighted by atomic mass is 16.5. The molecule has 0 amide bonds. The van der Waals surface area contributed by atoms with Gasteiger partial charge in [0.1, 0.15) is 5.60 Å². The van der Waals surface area contributed by atoms with Crippen molar-refractivity contribution < 1.29 is 4.74 Å². The molecule has 0 bridgehead atoms. The number of aryl methyl sites for hydroxylation is 2. The van der Waals surface area contributed by atoms with E-state index in [9.17, 15) is 0 Å². The molecule has 0 spiro atoms. The summed E-state index contributed by atoms with van der Waals surface area (Å²) in [6.45, 7) is 4.07. The van der Waals surface area contributed by atoms with Crippen molar-refractivity contribution in [3.63, 3.8) is 0 Å². The van der Waals surface area contributed by atoms with E-state index in [-0.39, 0.29) is 5.60 Å². The van der Waals surface area contributed by atoms with Crippen molar-refractivity contribution in [3.8, 4) is 5.88 Å². The molecule has 1 aliphatic carbocycles. The van der Waals surface area contributed by atoms with Crippen molar-refractivity contribution in [3.05, 3.63) is 17.3 Å². The maximum absolute atomic E-state index is 5.97. The Labute approximate surface area is 90.2 Å². The van der Waals surface area contributed by atoms with E-state index in [2.05, 4.69) is 23.3 Å². The molecule has 2 aliphatic rings. The minimum atomic E-state index is 0.00739. The molecule has 3 rings (SSSR count). The Morgan fingerprint density at radius 2 is 2.07 bits per heavy atom. The number of rotatable bonds is 2. The van der Waals surface area contributed by atoms with Crippen LogP contribution in [0.2, 0.25) is 0 Å². The highest BCUT2D eigenvalue weighted by molar-refractivity contribution is 5.32. The van der Waals surface area contributed by atoms with Crippen molar-refractivity contribution in [1.82, 2.24) is 10.3 Å². The summed E-state index contributed by atoms with van der Waals surface area (Å²) >= 11 is 0. The number of nitrogens with one attached hydrogen (secondary N) is 2. The molecule has 82 valence electrons. The molecule has 1 aromatic rings. The summed E-state index contributed by atoms with van der Waals surface area (Å²) in [5, 5.41) is 3.24. The zero-order valence-corrected chi connectivity index (χ0v) is 9.23. The summed E-state index contributed by atoms with van der Waals surface area (Å²) in [6.07, 6.45) is 5.03. The molecule has 0 atom stereocenters. The van der Waals surface area contributed by atoms with E-state index < -0.39 is 0 Å². The Balaban J connectivity index is 1.77. The van der Waals surface area contributed by atoms with E-state index in [1.165, 1.54) is 36.9 Å². The summed E-state index contributed by atoms with van der Waals surface area (Å²) in [5.41, 5.74) is 2.87. The first-order valence-corrected chi connectivity index (χ1v) is 5.86. The molecule has 2 N–H and O–H groups in total. The average molecular weight is 206 g/mol. The van der Waals surface area contributed by atoms with Crippen molar-refractivity contribution in [2.75, 3.05) is 13.1 Å². The fraction of sp³-hybridized carbons (Fsp3) is 0.667. The van der Waals surface area contributed by atoms with Gasteiger partial charge in [0.05, 0.1) is 0 Å². The zero-order valence-electron chi connectivity index (χ0n) is 9.23. The van der Waals surface area contributed by atoms with Gasteiger partial charge in [-0.3, -0.25) is 0 Å². The quantitative estimate of drug-likeness (QED) is 0.771. The second-order valence-corrected chi connectivity index (χ2v) is 5.00. The number of fused-ring (bicyclic) bond motifs is 1. The van der Waals surface area contributed by atoms with Gasteiger partial charge in [-0.15, -0.1) is 0 Å². The predicted octanol–water partition coefficient (Wildman–Crippen LogP) is 1.63. The standard InChI is InChI=1S/C12H18N2O/c1-12(7-13-8-12)15-11-6-9-4-2-3-5-10(9)14-11/h6,13-14H,2-5,7-8H2,1H3. The molecular formula is C12H18N2O. The van der Waals surface area contributed by atoms with E-state index in [0.29, 0.717) is 0 Å². The normalized spacial score (nSPS) is 23.0. The lowest BCUT2D eigenvalue weighted by Crippen LogP contribution is -2.61. The second kappa shape index (κ2) is 3.27. The van der Waals surface area contributed by atoms with Crippen LogP contribution < -0.4 is 10.1 Å². The molecule has 1 fully saturated rings. The van der Waals surface area contributed by atoms with E-state index in [4.69, 9.17) is 4.74 Å². The van der Waals surface area contributed by atoms with E-state index in [1.54, 1.807) is 0 Å². The van der Waals surface area contributed by atoms with Crippen LogP contribution in [-0.4, -0.2) is 23.7 Å². The van der Waals surface area contributed by atoms with Crippen molar-refractivity contribution in [2.45, 2.75) is 38.2 Å². The Morgan fingerprint density at radius 3 is 2.73 bits per heavy atom. The minimum absolute atomic E-state index is 0.00739. The van der Waals surface area contributed by atoms with Gasteiger partial charge in [-0.1, -0.05) is 0 Å². The number of ether oxygens (including phenoxy) is 1. The van der Waals surface area contributed by atoms with Gasteiger partial charge in [0.15, 0.2) is 5.88 Å². The van der Waals surface area contributed by atoms with Crippen LogP contribution in [0.25, 0.3) is 0 Å². The molecule has 3 nitrogen and oxygen atoms in total. The maximum atomic E-state index is 5.97. The third kappa shape index (κ3) is 1.65. The maximum Gasteiger partial charge on any atom is 0.191 e. The van der Waals surface area contributed by atoms with Crippen LogP contribution in [0.1, 0.15) is 31.0 Å². The summed E-state index contributed by atoms with van der Waals surface area (Å²) in [7, 11) is 0. The predicted molar refractivity (Wildman–Crippen MR) is 59.3 cm³/mol. The van der Waals surface area contributed by atoms with Crippen LogP contribution in [0.15, 0.2) is 6.07 Å². The smallest absolute Gasteiger partial charge is 0.191 e. The third-order valence-electron chi connectivity index (χ3n) is 3.44. The van der Waals surface area contributed by atoms with Gasteiger partial charge >= 0.3 is 0 Å². The molecule has 1 aromatic heterocycles. The first-order chi connectivity index (χ1) is 7.25. The highest BCUT2D eigenvalue weighted by Gasteiger charge is 2.34. The topological polar surface area (TPSA) is 37.0 Å². The van der Waals surface area contributed by atoms with Crippen LogP contribution in [0, 0.1) is 0 Å². The number of H-pyrrole nitrogens is 1. The van der Waals surface area contributed by atoms with Gasteiger partial charge in [-0.05, 0) is 38.2 Å². The third-order valence-corrected chi connectivity index (χ3v) is 3.44. The lowest BCUT2D eigenvalue weighted by atomic mass is 9.98. The Bertz CT molecular complexity index is 342. The first kappa shape index (κ1) is 9.28. The monoisotopic (exact) mass is 206 g/mol. The summed E-state index contributed by atoms with van der Waals surface area (Å²) in [5.74, 6) is 0.964. The number of hydrogen-bond donors (Lipinski definition) is 2. The molecule has 15 heavy (non-hydrogen) atoms. The fourth-order valence-corrected chi connectivity index (χ4v) is 2.44. The molecule has 1 aliphatic heterocycles. The first-order valence-electron chi connectivity index (χ1n) is 5.86. The van der Waals surface area contributed by atoms with Crippen LogP contribution >= 0.6 is 0 Å². The van der Waals surface area contributed by atoms with Crippen LogP contribution in [0.5, 0.6) is 5.88 Å². The Kier molecular flexibility index (Phi) is 2.02. The van der Waals surface area contributed by atoms with E-state index in [0.717, 1.165) is 19.0 Å². The molecule has 0 saturated carbocycles. The molecule has 1 saturated heterocycles. The molecular weight excluding hydrogens is 188 g/mol. The lowest BCUT2D eigenvalue weighted by Gasteiger charge is -2.38. The van der Waals surface area contributed by atoms with Crippen molar-refractivity contribution in [1.29, 1.82) is 0 Å². The van der Waals surface area contributed by atoms with E-state index in [1.807, 2.05) is 0 Å². The summed E-state index contributed by atoms with van der Waals surface area (Å²) in [4.78, 5) is 3.41. The van der Waals surface area contributed by atoms with Crippen LogP contribution in [0.4, 0.5) is 0 Å². The van der Waals surface area contributed by atoms with Crippen LogP contribution in [0.3, 0.4) is 0 Å². The molecule has 0 unspecified atom stereocenters. The van der Waals surface area contributed by atoms with Gasteiger partial charge < -0.3 is 15.0 Å². The zero-order chi connectivity index (χ0) is 10.3. The second-order valence-electron chi connectivity index (χ2n) is 5.00. The molecule has 0 radical (unpaired) electrons. The Hall–Kier alpha value is -0.960.